The normalized spacial score (nSPS) is 13.1. The van der Waals surface area contributed by atoms with Crippen LogP contribution in [0.2, 0.25) is 0 Å². The number of ketones is 1. The Morgan fingerprint density at radius 1 is 1.24 bits per heavy atom. The summed E-state index contributed by atoms with van der Waals surface area (Å²) in [6.07, 6.45) is -5.70. The van der Waals surface area contributed by atoms with Crippen LogP contribution in [0.4, 0.5) is 13.2 Å². The molecule has 1 aromatic rings. The van der Waals surface area contributed by atoms with Gasteiger partial charge < -0.3 is 4.79 Å². The monoisotopic (exact) mass is 244 g/mol. The summed E-state index contributed by atoms with van der Waals surface area (Å²) >= 11 is 0. The lowest BCUT2D eigenvalue weighted by Crippen LogP contribution is -2.26. The molecule has 0 saturated heterocycles. The van der Waals surface area contributed by atoms with Crippen LogP contribution < -0.4 is 0 Å². The highest BCUT2D eigenvalue weighted by molar-refractivity contribution is 5.96. The summed E-state index contributed by atoms with van der Waals surface area (Å²) in [6.45, 7) is 0. The molecule has 1 unspecified atom stereocenters. The molecular formula is C12H11F3O2. The van der Waals surface area contributed by atoms with Crippen LogP contribution in [-0.4, -0.2) is 18.2 Å². The molecule has 1 aromatic carbocycles. The Hall–Kier alpha value is -1.65. The Balaban J connectivity index is 2.75. The Kier molecular flexibility index (Phi) is 4.43. The molecule has 0 heterocycles. The van der Waals surface area contributed by atoms with E-state index in [1.54, 1.807) is 18.2 Å². The summed E-state index contributed by atoms with van der Waals surface area (Å²) in [5.41, 5.74) is 0.229. The zero-order valence-corrected chi connectivity index (χ0v) is 8.91. The molecule has 0 aliphatic rings. The quantitative estimate of drug-likeness (QED) is 0.589. The van der Waals surface area contributed by atoms with Crippen molar-refractivity contribution < 1.29 is 22.8 Å². The highest BCUT2D eigenvalue weighted by atomic mass is 19.4. The van der Waals surface area contributed by atoms with Crippen LogP contribution >= 0.6 is 0 Å². The van der Waals surface area contributed by atoms with Gasteiger partial charge in [-0.05, 0) is 0 Å². The lowest BCUT2D eigenvalue weighted by molar-refractivity contribution is -0.175. The number of carbonyl (C=O) groups is 2. The SMILES string of the molecule is O=CCC(CC(=O)c1ccccc1)C(F)(F)F. The predicted molar refractivity (Wildman–Crippen MR) is 55.6 cm³/mol. The minimum absolute atomic E-state index is 0.191. The van der Waals surface area contributed by atoms with Crippen molar-refractivity contribution in [3.8, 4) is 0 Å². The Morgan fingerprint density at radius 3 is 2.29 bits per heavy atom. The van der Waals surface area contributed by atoms with Gasteiger partial charge in [0.25, 0.3) is 0 Å². The molecule has 0 aliphatic heterocycles. The fourth-order valence-corrected chi connectivity index (χ4v) is 1.41. The molecule has 0 aromatic heterocycles. The van der Waals surface area contributed by atoms with E-state index in [2.05, 4.69) is 0 Å². The molecule has 0 fully saturated rings. The molecule has 2 nitrogen and oxygen atoms in total. The third-order valence-corrected chi connectivity index (χ3v) is 2.37. The first-order valence-corrected chi connectivity index (χ1v) is 5.03. The van der Waals surface area contributed by atoms with Crippen LogP contribution in [0, 0.1) is 5.92 Å². The maximum atomic E-state index is 12.5. The summed E-state index contributed by atoms with van der Waals surface area (Å²) in [4.78, 5) is 21.7. The van der Waals surface area contributed by atoms with Crippen molar-refractivity contribution in [1.29, 1.82) is 0 Å². The van der Waals surface area contributed by atoms with Gasteiger partial charge in [-0.25, -0.2) is 0 Å². The highest BCUT2D eigenvalue weighted by Crippen LogP contribution is 2.31. The fourth-order valence-electron chi connectivity index (χ4n) is 1.41. The van der Waals surface area contributed by atoms with Crippen molar-refractivity contribution in [2.75, 3.05) is 0 Å². The van der Waals surface area contributed by atoms with E-state index in [0.29, 0.717) is 0 Å². The number of hydrogen-bond acceptors (Lipinski definition) is 2. The van der Waals surface area contributed by atoms with Crippen molar-refractivity contribution in [2.45, 2.75) is 19.0 Å². The van der Waals surface area contributed by atoms with E-state index < -0.39 is 30.7 Å². The number of benzene rings is 1. The first-order chi connectivity index (χ1) is 7.95. The largest absolute Gasteiger partial charge is 0.392 e. The molecule has 0 spiro atoms. The highest BCUT2D eigenvalue weighted by Gasteiger charge is 2.40. The molecule has 0 radical (unpaired) electrons. The van der Waals surface area contributed by atoms with Crippen molar-refractivity contribution >= 4 is 12.1 Å². The van der Waals surface area contributed by atoms with Crippen molar-refractivity contribution in [3.05, 3.63) is 35.9 Å². The topological polar surface area (TPSA) is 34.1 Å². The summed E-state index contributed by atoms with van der Waals surface area (Å²) in [7, 11) is 0. The smallest absolute Gasteiger partial charge is 0.303 e. The third-order valence-electron chi connectivity index (χ3n) is 2.37. The van der Waals surface area contributed by atoms with Crippen LogP contribution in [0.1, 0.15) is 23.2 Å². The van der Waals surface area contributed by atoms with Crippen molar-refractivity contribution in [2.24, 2.45) is 5.92 Å². The van der Waals surface area contributed by atoms with Crippen LogP contribution in [0.15, 0.2) is 30.3 Å². The molecule has 0 saturated carbocycles. The zero-order valence-electron chi connectivity index (χ0n) is 8.91. The summed E-state index contributed by atoms with van der Waals surface area (Å²) < 4.78 is 37.4. The van der Waals surface area contributed by atoms with Gasteiger partial charge in [0, 0.05) is 18.4 Å². The predicted octanol–water partition coefficient (Wildman–Crippen LogP) is 3.03. The maximum Gasteiger partial charge on any atom is 0.392 e. The van der Waals surface area contributed by atoms with Gasteiger partial charge in [0.05, 0.1) is 5.92 Å². The molecule has 0 amide bonds. The number of carbonyl (C=O) groups excluding carboxylic acids is 2. The van der Waals surface area contributed by atoms with Gasteiger partial charge in [-0.1, -0.05) is 30.3 Å². The number of alkyl halides is 3. The zero-order chi connectivity index (χ0) is 12.9. The fraction of sp³-hybridized carbons (Fsp3) is 0.333. The maximum absolute atomic E-state index is 12.5. The molecule has 0 N–H and O–H groups in total. The van der Waals surface area contributed by atoms with Gasteiger partial charge >= 0.3 is 6.18 Å². The van der Waals surface area contributed by atoms with Crippen molar-refractivity contribution in [3.63, 3.8) is 0 Å². The standard InChI is InChI=1S/C12H11F3O2/c13-12(14,15)10(6-7-16)8-11(17)9-4-2-1-3-5-9/h1-5,7,10H,6,8H2. The summed E-state index contributed by atoms with van der Waals surface area (Å²) in [5.74, 6) is -2.50. The van der Waals surface area contributed by atoms with Crippen LogP contribution in [-0.2, 0) is 4.79 Å². The minimum Gasteiger partial charge on any atom is -0.303 e. The lowest BCUT2D eigenvalue weighted by atomic mass is 9.95. The second kappa shape index (κ2) is 5.61. The minimum atomic E-state index is -4.52. The molecule has 0 aliphatic carbocycles. The Morgan fingerprint density at radius 2 is 1.82 bits per heavy atom. The number of halogens is 3. The van der Waals surface area contributed by atoms with E-state index in [1.807, 2.05) is 0 Å². The first-order valence-electron chi connectivity index (χ1n) is 5.03. The van der Waals surface area contributed by atoms with Crippen LogP contribution in [0.25, 0.3) is 0 Å². The molecule has 1 atom stereocenters. The Bertz CT molecular complexity index is 384. The van der Waals surface area contributed by atoms with Gasteiger partial charge in [0.15, 0.2) is 5.78 Å². The number of hydrogen-bond donors (Lipinski definition) is 0. The van der Waals surface area contributed by atoms with Gasteiger partial charge in [-0.3, -0.25) is 4.79 Å². The second-order valence-corrected chi connectivity index (χ2v) is 3.63. The number of Topliss-reactive ketones (excluding diaryl/α,β-unsaturated/α-hetero) is 1. The molecule has 5 heteroatoms. The van der Waals surface area contributed by atoms with Crippen LogP contribution in [0.5, 0.6) is 0 Å². The number of aldehydes is 1. The average molecular weight is 244 g/mol. The average Bonchev–Trinajstić information content (AvgIpc) is 2.28. The molecule has 0 bridgehead atoms. The lowest BCUT2D eigenvalue weighted by Gasteiger charge is -2.16. The Labute approximate surface area is 96.4 Å². The van der Waals surface area contributed by atoms with Crippen molar-refractivity contribution in [1.82, 2.24) is 0 Å². The summed E-state index contributed by atoms with van der Waals surface area (Å²) in [5, 5.41) is 0. The van der Waals surface area contributed by atoms with E-state index in [9.17, 15) is 22.8 Å². The molecule has 17 heavy (non-hydrogen) atoms. The first kappa shape index (κ1) is 13.4. The van der Waals surface area contributed by atoms with E-state index in [1.165, 1.54) is 12.1 Å². The number of rotatable bonds is 5. The second-order valence-electron chi connectivity index (χ2n) is 3.63. The van der Waals surface area contributed by atoms with Crippen LogP contribution in [0.3, 0.4) is 0 Å². The van der Waals surface area contributed by atoms with Gasteiger partial charge in [-0.15, -0.1) is 0 Å². The molecule has 92 valence electrons. The molecular weight excluding hydrogens is 233 g/mol. The van der Waals surface area contributed by atoms with Gasteiger partial charge in [0.2, 0.25) is 0 Å². The van der Waals surface area contributed by atoms with Gasteiger partial charge in [0.1, 0.15) is 6.29 Å². The van der Waals surface area contributed by atoms with E-state index in [-0.39, 0.29) is 11.8 Å². The molecule has 1 rings (SSSR count). The third kappa shape index (κ3) is 4.01. The van der Waals surface area contributed by atoms with E-state index in [0.717, 1.165) is 0 Å². The summed E-state index contributed by atoms with van der Waals surface area (Å²) in [6, 6.07) is 7.74. The van der Waals surface area contributed by atoms with Gasteiger partial charge in [-0.2, -0.15) is 13.2 Å². The van der Waals surface area contributed by atoms with E-state index >= 15 is 0 Å². The van der Waals surface area contributed by atoms with E-state index in [4.69, 9.17) is 0 Å².